The van der Waals surface area contributed by atoms with Gasteiger partial charge in [0.05, 0.1) is 21.8 Å². The third kappa shape index (κ3) is 5.88. The van der Waals surface area contributed by atoms with E-state index < -0.39 is 45.0 Å². The smallest absolute Gasteiger partial charge is 0.355 e. The monoisotopic (exact) mass is 570 g/mol. The number of sulfone groups is 1. The van der Waals surface area contributed by atoms with Crippen LogP contribution in [0.4, 0.5) is 5.82 Å². The molecule has 0 radical (unpaired) electrons. The number of amides is 1. The lowest BCUT2D eigenvalue weighted by Gasteiger charge is -2.27. The first-order chi connectivity index (χ1) is 19.1. The van der Waals surface area contributed by atoms with Crippen LogP contribution in [0.25, 0.3) is 5.82 Å². The van der Waals surface area contributed by atoms with Gasteiger partial charge in [-0.1, -0.05) is 12.1 Å². The van der Waals surface area contributed by atoms with E-state index in [2.05, 4.69) is 15.4 Å². The Bertz CT molecular complexity index is 1540. The number of aromatic nitrogens is 3. The molecule has 0 spiro atoms. The zero-order chi connectivity index (χ0) is 28.4. The number of rotatable bonds is 10. The Morgan fingerprint density at radius 3 is 2.30 bits per heavy atom. The molecule has 210 valence electrons. The van der Waals surface area contributed by atoms with Crippen LogP contribution < -0.4 is 5.32 Å². The van der Waals surface area contributed by atoms with E-state index in [0.717, 1.165) is 6.07 Å². The van der Waals surface area contributed by atoms with Gasteiger partial charge in [-0.25, -0.2) is 27.7 Å². The number of aromatic carboxylic acids is 2. The summed E-state index contributed by atoms with van der Waals surface area (Å²) in [4.78, 5) is 40.3. The van der Waals surface area contributed by atoms with Crippen LogP contribution in [0.1, 0.15) is 58.2 Å². The normalized spacial score (nSPS) is 16.8. The minimum atomic E-state index is -3.39. The number of hydrogen-bond acceptors (Lipinski definition) is 9. The molecular formula is C26H26N4O9S. The maximum Gasteiger partial charge on any atom is 0.355 e. The van der Waals surface area contributed by atoms with Gasteiger partial charge in [-0.15, -0.1) is 5.10 Å². The summed E-state index contributed by atoms with van der Waals surface area (Å²) in [6.45, 7) is 0.988. The fourth-order valence-electron chi connectivity index (χ4n) is 4.32. The number of anilines is 1. The van der Waals surface area contributed by atoms with Crippen molar-refractivity contribution in [2.75, 3.05) is 18.5 Å². The molecule has 1 saturated heterocycles. The third-order valence-electron chi connectivity index (χ3n) is 6.60. The number of carbonyl (C=O) groups is 3. The molecule has 2 aromatic heterocycles. The van der Waals surface area contributed by atoms with Crippen LogP contribution in [0.3, 0.4) is 0 Å². The third-order valence-corrected chi connectivity index (χ3v) is 8.88. The van der Waals surface area contributed by atoms with Crippen LogP contribution in [0, 0.1) is 0 Å². The number of nitrogens with one attached hydrogen (secondary N) is 1. The Morgan fingerprint density at radius 1 is 0.975 bits per heavy atom. The molecule has 2 aliphatic rings. The van der Waals surface area contributed by atoms with Crippen molar-refractivity contribution in [1.82, 2.24) is 14.8 Å². The maximum atomic E-state index is 13.4. The summed E-state index contributed by atoms with van der Waals surface area (Å²) in [6.07, 6.45) is 2.58. The van der Waals surface area contributed by atoms with Crippen molar-refractivity contribution in [2.24, 2.45) is 0 Å². The summed E-state index contributed by atoms with van der Waals surface area (Å²) in [7, 11) is -3.39. The lowest BCUT2D eigenvalue weighted by Crippen LogP contribution is -2.31. The molecule has 13 nitrogen and oxygen atoms in total. The minimum Gasteiger partial charge on any atom is -0.478 e. The van der Waals surface area contributed by atoms with Crippen LogP contribution in [0.5, 0.6) is 0 Å². The van der Waals surface area contributed by atoms with E-state index in [4.69, 9.17) is 9.47 Å². The molecule has 1 unspecified atom stereocenters. The topological polar surface area (TPSA) is 187 Å². The number of carboxylic acids is 2. The highest BCUT2D eigenvalue weighted by molar-refractivity contribution is 7.92. The van der Waals surface area contributed by atoms with Gasteiger partial charge < -0.3 is 25.0 Å². The fraction of sp³-hybridized carbons (Fsp3) is 0.346. The van der Waals surface area contributed by atoms with E-state index in [1.165, 1.54) is 35.1 Å². The molecular weight excluding hydrogens is 544 g/mol. The van der Waals surface area contributed by atoms with Gasteiger partial charge in [-0.05, 0) is 55.5 Å². The number of carboxylic acid groups (broad SMARTS) is 2. The van der Waals surface area contributed by atoms with Crippen LogP contribution in [-0.2, 0) is 24.1 Å². The summed E-state index contributed by atoms with van der Waals surface area (Å²) in [5, 5.41) is 25.1. The van der Waals surface area contributed by atoms with Gasteiger partial charge >= 0.3 is 11.9 Å². The maximum absolute atomic E-state index is 13.4. The second kappa shape index (κ2) is 11.2. The van der Waals surface area contributed by atoms with Gasteiger partial charge in [0.15, 0.2) is 33.3 Å². The zero-order valence-electron chi connectivity index (χ0n) is 21.1. The van der Waals surface area contributed by atoms with Crippen molar-refractivity contribution in [2.45, 2.75) is 48.0 Å². The molecule has 5 rings (SSSR count). The summed E-state index contributed by atoms with van der Waals surface area (Å²) in [5.74, 6) is -3.34. The van der Waals surface area contributed by atoms with Gasteiger partial charge in [-0.3, -0.25) is 4.79 Å². The average molecular weight is 571 g/mol. The second-order valence-corrected chi connectivity index (χ2v) is 11.7. The summed E-state index contributed by atoms with van der Waals surface area (Å²) in [6, 6.07) is 9.97. The first-order valence-electron chi connectivity index (χ1n) is 12.5. The Morgan fingerprint density at radius 2 is 1.68 bits per heavy atom. The van der Waals surface area contributed by atoms with Crippen molar-refractivity contribution >= 4 is 33.5 Å². The summed E-state index contributed by atoms with van der Waals surface area (Å²) < 4.78 is 37.9. The highest BCUT2D eigenvalue weighted by Gasteiger charge is 2.37. The van der Waals surface area contributed by atoms with Crippen molar-refractivity contribution < 1.29 is 42.5 Å². The summed E-state index contributed by atoms with van der Waals surface area (Å²) >= 11 is 0. The van der Waals surface area contributed by atoms with Gasteiger partial charge in [0.1, 0.15) is 0 Å². The Kier molecular flexibility index (Phi) is 7.65. The molecule has 0 bridgehead atoms. The number of benzene rings is 1. The Balaban J connectivity index is 1.37. The van der Waals surface area contributed by atoms with Crippen LogP contribution in [-0.4, -0.2) is 75.8 Å². The van der Waals surface area contributed by atoms with Gasteiger partial charge in [0.2, 0.25) is 0 Å². The van der Waals surface area contributed by atoms with Gasteiger partial charge in [0, 0.05) is 25.5 Å². The molecule has 40 heavy (non-hydrogen) atoms. The van der Waals surface area contributed by atoms with E-state index in [0.29, 0.717) is 44.5 Å². The van der Waals surface area contributed by atoms with Crippen LogP contribution in [0.2, 0.25) is 0 Å². The molecule has 2 fully saturated rings. The van der Waals surface area contributed by atoms with Crippen LogP contribution >= 0.6 is 0 Å². The molecule has 1 aliphatic heterocycles. The molecule has 1 amide bonds. The molecule has 14 heteroatoms. The first-order valence-corrected chi connectivity index (χ1v) is 14.1. The van der Waals surface area contributed by atoms with Gasteiger partial charge in [-0.2, -0.15) is 0 Å². The average Bonchev–Trinajstić information content (AvgIpc) is 3.72. The largest absolute Gasteiger partial charge is 0.478 e. The SMILES string of the molecule is O=C(O)c1ccc(-n2ccc(NC(=O)C(OC3CCOCC3)c3ccc(S(=O)(=O)C4CC4)cc3)n2)nc1C(=O)O. The number of ether oxygens (including phenoxy) is 2. The molecule has 1 aromatic carbocycles. The predicted molar refractivity (Wildman–Crippen MR) is 138 cm³/mol. The standard InChI is InChI=1S/C26H26N4O9S/c31-24(27-20-9-12-30(29-20)21-8-7-19(25(32)33)22(28-21)26(34)35)23(39-16-10-13-38-14-11-16)15-1-3-17(4-2-15)40(36,37)18-5-6-18/h1-4,7-9,12,16,18,23H,5-6,10-11,13-14H2,(H,32,33)(H,34,35)(H,27,29,31). The quantitative estimate of drug-likeness (QED) is 0.325. The van der Waals surface area contributed by atoms with Gasteiger partial charge in [0.25, 0.3) is 5.91 Å². The molecule has 1 aliphatic carbocycles. The molecule has 3 N–H and O–H groups in total. The predicted octanol–water partition coefficient (Wildman–Crippen LogP) is 2.48. The number of nitrogens with zero attached hydrogens (tertiary/aromatic N) is 3. The fourth-order valence-corrected chi connectivity index (χ4v) is 5.98. The van der Waals surface area contributed by atoms with Crippen molar-refractivity contribution in [1.29, 1.82) is 0 Å². The highest BCUT2D eigenvalue weighted by atomic mass is 32.2. The van der Waals surface area contributed by atoms with Crippen LogP contribution in [0.15, 0.2) is 53.6 Å². The van der Waals surface area contributed by atoms with E-state index >= 15 is 0 Å². The van der Waals surface area contributed by atoms with E-state index in [-0.39, 0.29) is 27.9 Å². The first kappa shape index (κ1) is 27.4. The number of hydrogen-bond donors (Lipinski definition) is 3. The molecule has 3 heterocycles. The minimum absolute atomic E-state index is 0.0327. The molecule has 1 atom stereocenters. The highest BCUT2D eigenvalue weighted by Crippen LogP contribution is 2.34. The molecule has 3 aromatic rings. The summed E-state index contributed by atoms with van der Waals surface area (Å²) in [5.41, 5.74) is -0.653. The van der Waals surface area contributed by atoms with Crippen molar-refractivity contribution in [3.63, 3.8) is 0 Å². The zero-order valence-corrected chi connectivity index (χ0v) is 21.9. The van der Waals surface area contributed by atoms with E-state index in [9.17, 15) is 33.0 Å². The van der Waals surface area contributed by atoms with E-state index in [1.807, 2.05) is 0 Å². The Hall–Kier alpha value is -4.14. The molecule has 1 saturated carbocycles. The second-order valence-electron chi connectivity index (χ2n) is 9.45. The lowest BCUT2D eigenvalue weighted by molar-refractivity contribution is -0.136. The van der Waals surface area contributed by atoms with Crippen molar-refractivity contribution in [3.05, 3.63) is 65.5 Å². The Labute approximate surface area is 228 Å². The number of pyridine rings is 1. The lowest BCUT2D eigenvalue weighted by atomic mass is 10.1. The number of carbonyl (C=O) groups excluding carboxylic acids is 1. The van der Waals surface area contributed by atoms with E-state index in [1.54, 1.807) is 12.1 Å². The van der Waals surface area contributed by atoms with Crippen molar-refractivity contribution in [3.8, 4) is 5.82 Å².